The molecule has 9 nitrogen and oxygen atoms in total. The lowest BCUT2D eigenvalue weighted by atomic mass is 10.1. The van der Waals surface area contributed by atoms with Crippen LogP contribution in [0.4, 0.5) is 4.39 Å². The maximum Gasteiger partial charge on any atom is 0.267 e. The van der Waals surface area contributed by atoms with Gasteiger partial charge in [0.1, 0.15) is 11.6 Å². The van der Waals surface area contributed by atoms with Crippen LogP contribution in [-0.4, -0.2) is 51.3 Å². The first-order valence-corrected chi connectivity index (χ1v) is 10.9. The highest BCUT2D eigenvalue weighted by atomic mass is 19.1. The van der Waals surface area contributed by atoms with Gasteiger partial charge in [-0.1, -0.05) is 11.2 Å². The molecule has 1 heterocycles. The first-order valence-electron chi connectivity index (χ1n) is 10.9. The maximum atomic E-state index is 14.5. The summed E-state index contributed by atoms with van der Waals surface area (Å²) in [7, 11) is 0. The average Bonchev–Trinajstić information content (AvgIpc) is 3.58. The van der Waals surface area contributed by atoms with Gasteiger partial charge >= 0.3 is 0 Å². The highest BCUT2D eigenvalue weighted by Gasteiger charge is 2.30. The molecule has 34 heavy (non-hydrogen) atoms. The molecule has 0 unspecified atom stereocenters. The summed E-state index contributed by atoms with van der Waals surface area (Å²) in [5, 5.41) is 24.3. The van der Waals surface area contributed by atoms with Crippen LogP contribution >= 0.6 is 0 Å². The van der Waals surface area contributed by atoms with Crippen molar-refractivity contribution >= 4 is 11.7 Å². The third-order valence-electron chi connectivity index (χ3n) is 5.44. The zero-order chi connectivity index (χ0) is 24.2. The SMILES string of the molecule is C[C@@H](Oc1ccc(C(=O)C2CC2)cc1)c1nc(-c2ccc(C(=O)NC(CO)CO)c(F)c2)no1. The normalized spacial score (nSPS) is 14.1. The van der Waals surface area contributed by atoms with Gasteiger partial charge in [-0.15, -0.1) is 0 Å². The fourth-order valence-corrected chi connectivity index (χ4v) is 3.30. The van der Waals surface area contributed by atoms with Crippen LogP contribution in [0.3, 0.4) is 0 Å². The minimum atomic E-state index is -0.886. The van der Waals surface area contributed by atoms with Crippen molar-refractivity contribution in [2.45, 2.75) is 31.9 Å². The van der Waals surface area contributed by atoms with E-state index >= 15 is 0 Å². The van der Waals surface area contributed by atoms with Crippen molar-refractivity contribution in [1.82, 2.24) is 15.5 Å². The number of rotatable bonds is 10. The molecule has 0 spiro atoms. The standard InChI is InChI=1S/C24H24FN3O6/c1-13(33-18-7-4-15(5-8-18)21(31)14-2-3-14)24-27-22(28-34-24)16-6-9-19(20(25)10-16)23(32)26-17(11-29)12-30/h4-10,13-14,17,29-30H,2-3,11-12H2,1H3,(H,26,32)/t13-/m1/s1. The largest absolute Gasteiger partial charge is 0.481 e. The number of hydrogen-bond acceptors (Lipinski definition) is 8. The summed E-state index contributed by atoms with van der Waals surface area (Å²) in [6.45, 7) is 0.764. The summed E-state index contributed by atoms with van der Waals surface area (Å²) in [5.41, 5.74) is 0.699. The first kappa shape index (κ1) is 23.5. The number of nitrogens with one attached hydrogen (secondary N) is 1. The van der Waals surface area contributed by atoms with Crippen molar-refractivity contribution < 1.29 is 33.5 Å². The molecule has 0 aliphatic heterocycles. The Morgan fingerprint density at radius 1 is 1.18 bits per heavy atom. The fraction of sp³-hybridized carbons (Fsp3) is 0.333. The van der Waals surface area contributed by atoms with Crippen LogP contribution in [0.15, 0.2) is 47.0 Å². The summed E-state index contributed by atoms with van der Waals surface area (Å²) in [6.07, 6.45) is 1.29. The number of nitrogens with zero attached hydrogens (tertiary/aromatic N) is 2. The Hall–Kier alpha value is -3.63. The number of carbonyl (C=O) groups excluding carboxylic acids is 2. The van der Waals surface area contributed by atoms with Gasteiger partial charge in [-0.3, -0.25) is 9.59 Å². The summed E-state index contributed by atoms with van der Waals surface area (Å²) in [6, 6.07) is 9.80. The number of Topliss-reactive ketones (excluding diaryl/α,β-unsaturated/α-hetero) is 1. The van der Waals surface area contributed by atoms with E-state index in [1.807, 2.05) is 0 Å². The van der Waals surface area contributed by atoms with Crippen LogP contribution in [0, 0.1) is 11.7 Å². The third-order valence-corrected chi connectivity index (χ3v) is 5.44. The Balaban J connectivity index is 1.41. The zero-order valence-electron chi connectivity index (χ0n) is 18.4. The van der Waals surface area contributed by atoms with E-state index < -0.39 is 37.1 Å². The van der Waals surface area contributed by atoms with Gasteiger partial charge in [0.05, 0.1) is 24.8 Å². The molecular formula is C24H24FN3O6. The lowest BCUT2D eigenvalue weighted by Gasteiger charge is -2.13. The quantitative estimate of drug-likeness (QED) is 0.386. The first-order chi connectivity index (χ1) is 16.4. The molecule has 10 heteroatoms. The van der Waals surface area contributed by atoms with Crippen LogP contribution < -0.4 is 10.1 Å². The second kappa shape index (κ2) is 10.1. The van der Waals surface area contributed by atoms with Crippen molar-refractivity contribution in [2.24, 2.45) is 5.92 Å². The molecule has 2 aromatic carbocycles. The molecule has 178 valence electrons. The minimum Gasteiger partial charge on any atom is -0.481 e. The van der Waals surface area contributed by atoms with E-state index in [-0.39, 0.29) is 29.0 Å². The lowest BCUT2D eigenvalue weighted by Crippen LogP contribution is -2.40. The number of aromatic nitrogens is 2. The summed E-state index contributed by atoms with van der Waals surface area (Å²) >= 11 is 0. The van der Waals surface area contributed by atoms with E-state index in [0.717, 1.165) is 18.9 Å². The Morgan fingerprint density at radius 2 is 1.88 bits per heavy atom. The molecule has 1 fully saturated rings. The molecule has 1 saturated carbocycles. The molecule has 0 radical (unpaired) electrons. The molecule has 3 aromatic rings. The summed E-state index contributed by atoms with van der Waals surface area (Å²) < 4.78 is 25.6. The van der Waals surface area contributed by atoms with Gasteiger partial charge in [0, 0.05) is 17.0 Å². The Kier molecular flexibility index (Phi) is 6.99. The van der Waals surface area contributed by atoms with Crippen molar-refractivity contribution in [1.29, 1.82) is 0 Å². The van der Waals surface area contributed by atoms with Crippen molar-refractivity contribution in [3.8, 4) is 17.1 Å². The second-order valence-corrected chi connectivity index (χ2v) is 8.11. The molecule has 1 aliphatic carbocycles. The van der Waals surface area contributed by atoms with Crippen LogP contribution in [0.2, 0.25) is 0 Å². The van der Waals surface area contributed by atoms with Crippen LogP contribution in [0.25, 0.3) is 11.4 Å². The van der Waals surface area contributed by atoms with Crippen LogP contribution in [0.1, 0.15) is 52.5 Å². The number of ketones is 1. The number of hydrogen-bond donors (Lipinski definition) is 3. The number of aliphatic hydroxyl groups excluding tert-OH is 2. The van der Waals surface area contributed by atoms with Gasteiger partial charge in [-0.05, 0) is 56.2 Å². The molecule has 0 saturated heterocycles. The van der Waals surface area contributed by atoms with Crippen molar-refractivity contribution in [3.05, 3.63) is 65.3 Å². The number of ether oxygens (including phenoxy) is 1. The van der Waals surface area contributed by atoms with E-state index in [4.69, 9.17) is 19.5 Å². The Morgan fingerprint density at radius 3 is 2.50 bits per heavy atom. The molecule has 1 aromatic heterocycles. The van der Waals surface area contributed by atoms with E-state index in [9.17, 15) is 14.0 Å². The van der Waals surface area contributed by atoms with E-state index in [1.54, 1.807) is 31.2 Å². The van der Waals surface area contributed by atoms with Crippen molar-refractivity contribution in [2.75, 3.05) is 13.2 Å². The lowest BCUT2D eigenvalue weighted by molar-refractivity contribution is 0.0875. The van der Waals surface area contributed by atoms with E-state index in [1.165, 1.54) is 12.1 Å². The Labute approximate surface area is 194 Å². The zero-order valence-corrected chi connectivity index (χ0v) is 18.4. The molecule has 0 bridgehead atoms. The molecule has 1 amide bonds. The topological polar surface area (TPSA) is 135 Å². The third kappa shape index (κ3) is 5.29. The number of benzene rings is 2. The van der Waals surface area contributed by atoms with Crippen LogP contribution in [0.5, 0.6) is 5.75 Å². The smallest absolute Gasteiger partial charge is 0.267 e. The molecular weight excluding hydrogens is 445 g/mol. The van der Waals surface area contributed by atoms with Gasteiger partial charge < -0.3 is 24.8 Å². The molecule has 1 aliphatic rings. The number of aliphatic hydroxyl groups is 2. The molecule has 3 N–H and O–H groups in total. The van der Waals surface area contributed by atoms with Gasteiger partial charge in [-0.2, -0.15) is 4.98 Å². The number of halogens is 1. The van der Waals surface area contributed by atoms with Crippen LogP contribution in [-0.2, 0) is 0 Å². The average molecular weight is 469 g/mol. The predicted octanol–water partition coefficient (Wildman–Crippen LogP) is 2.69. The number of carbonyl (C=O) groups is 2. The molecule has 1 atom stereocenters. The van der Waals surface area contributed by atoms with Gasteiger partial charge in [0.15, 0.2) is 11.9 Å². The van der Waals surface area contributed by atoms with E-state index in [0.29, 0.717) is 16.9 Å². The summed E-state index contributed by atoms with van der Waals surface area (Å²) in [5.74, 6) is -0.467. The highest BCUT2D eigenvalue weighted by Crippen LogP contribution is 2.33. The predicted molar refractivity (Wildman–Crippen MR) is 118 cm³/mol. The monoisotopic (exact) mass is 469 g/mol. The van der Waals surface area contributed by atoms with Gasteiger partial charge in [0.2, 0.25) is 5.82 Å². The summed E-state index contributed by atoms with van der Waals surface area (Å²) in [4.78, 5) is 28.5. The minimum absolute atomic E-state index is 0.116. The second-order valence-electron chi connectivity index (χ2n) is 8.11. The highest BCUT2D eigenvalue weighted by molar-refractivity contribution is 5.99. The Bertz CT molecular complexity index is 1170. The van der Waals surface area contributed by atoms with Gasteiger partial charge in [-0.25, -0.2) is 4.39 Å². The fourth-order valence-electron chi connectivity index (χ4n) is 3.30. The molecule has 4 rings (SSSR count). The number of amides is 1. The van der Waals surface area contributed by atoms with Gasteiger partial charge in [0.25, 0.3) is 11.8 Å². The van der Waals surface area contributed by atoms with E-state index in [2.05, 4.69) is 15.5 Å². The van der Waals surface area contributed by atoms with Crippen molar-refractivity contribution in [3.63, 3.8) is 0 Å². The maximum absolute atomic E-state index is 14.5.